The van der Waals surface area contributed by atoms with Gasteiger partial charge in [-0.1, -0.05) is 19.4 Å². The number of carbonyl (C=O) groups is 1. The first-order valence-corrected chi connectivity index (χ1v) is 7.01. The highest BCUT2D eigenvalue weighted by molar-refractivity contribution is 5.81. The molecule has 0 fully saturated rings. The number of hydrogen-bond acceptors (Lipinski definition) is 4. The summed E-state index contributed by atoms with van der Waals surface area (Å²) in [5.41, 5.74) is 6.44. The molecule has 1 amide bonds. The Labute approximate surface area is 129 Å². The van der Waals surface area contributed by atoms with E-state index in [4.69, 9.17) is 10.5 Å². The third-order valence-corrected chi connectivity index (χ3v) is 3.16. The zero-order chi connectivity index (χ0) is 16.7. The van der Waals surface area contributed by atoms with E-state index < -0.39 is 12.7 Å². The van der Waals surface area contributed by atoms with Crippen LogP contribution in [0, 0.1) is 0 Å². The Morgan fingerprint density at radius 2 is 2.05 bits per heavy atom. The van der Waals surface area contributed by atoms with Crippen molar-refractivity contribution in [1.82, 2.24) is 4.90 Å². The van der Waals surface area contributed by atoms with E-state index in [0.717, 1.165) is 6.42 Å². The Morgan fingerprint density at radius 3 is 2.59 bits per heavy atom. The monoisotopic (exact) mass is 316 g/mol. The summed E-state index contributed by atoms with van der Waals surface area (Å²) < 4.78 is 34.2. The maximum Gasteiger partial charge on any atom is 0.387 e. The zero-order valence-corrected chi connectivity index (χ0v) is 13.0. The van der Waals surface area contributed by atoms with Gasteiger partial charge in [0, 0.05) is 13.6 Å². The van der Waals surface area contributed by atoms with E-state index in [-0.39, 0.29) is 24.0 Å². The average molecular weight is 316 g/mol. The molecule has 2 N–H and O–H groups in total. The van der Waals surface area contributed by atoms with Gasteiger partial charge in [0.05, 0.1) is 13.2 Å². The van der Waals surface area contributed by atoms with Crippen LogP contribution in [0.2, 0.25) is 0 Å². The molecule has 0 saturated carbocycles. The molecular weight excluding hydrogens is 294 g/mol. The number of ether oxygens (including phenoxy) is 2. The van der Waals surface area contributed by atoms with Gasteiger partial charge in [0.1, 0.15) is 0 Å². The maximum atomic E-state index is 12.4. The molecule has 0 aliphatic rings. The van der Waals surface area contributed by atoms with Crippen LogP contribution in [0.25, 0.3) is 0 Å². The molecular formula is C15H22F2N2O3. The van der Waals surface area contributed by atoms with E-state index in [9.17, 15) is 13.6 Å². The standard InChI is InChI=1S/C15H22F2N2O3/c1-4-5-11(18)14(20)19(2)9-10-6-7-12(21-3)13(8-10)22-15(16)17/h6-8,11,15H,4-5,9,18H2,1-3H3. The minimum Gasteiger partial charge on any atom is -0.493 e. The molecule has 7 heteroatoms. The third kappa shape index (κ3) is 5.14. The van der Waals surface area contributed by atoms with Gasteiger partial charge in [0.25, 0.3) is 0 Å². The Morgan fingerprint density at radius 1 is 1.36 bits per heavy atom. The minimum atomic E-state index is -2.94. The maximum absolute atomic E-state index is 12.4. The highest BCUT2D eigenvalue weighted by Crippen LogP contribution is 2.29. The van der Waals surface area contributed by atoms with Crippen molar-refractivity contribution in [3.8, 4) is 11.5 Å². The molecule has 0 bridgehead atoms. The number of nitrogens with zero attached hydrogens (tertiary/aromatic N) is 1. The fourth-order valence-corrected chi connectivity index (χ4v) is 2.08. The number of carbonyl (C=O) groups excluding carboxylic acids is 1. The van der Waals surface area contributed by atoms with Gasteiger partial charge in [-0.05, 0) is 24.1 Å². The largest absolute Gasteiger partial charge is 0.493 e. The Bertz CT molecular complexity index is 498. The van der Waals surface area contributed by atoms with Crippen LogP contribution in [-0.4, -0.2) is 37.6 Å². The van der Waals surface area contributed by atoms with Crippen molar-refractivity contribution in [2.24, 2.45) is 5.73 Å². The van der Waals surface area contributed by atoms with Crippen LogP contribution in [-0.2, 0) is 11.3 Å². The number of alkyl halides is 2. The quantitative estimate of drug-likeness (QED) is 0.800. The van der Waals surface area contributed by atoms with Gasteiger partial charge in [-0.25, -0.2) is 0 Å². The lowest BCUT2D eigenvalue weighted by molar-refractivity contribution is -0.132. The topological polar surface area (TPSA) is 64.8 Å². The van der Waals surface area contributed by atoms with E-state index in [0.29, 0.717) is 12.0 Å². The van der Waals surface area contributed by atoms with Crippen LogP contribution in [0.15, 0.2) is 18.2 Å². The molecule has 1 unspecified atom stereocenters. The summed E-state index contributed by atoms with van der Waals surface area (Å²) in [4.78, 5) is 13.5. The lowest BCUT2D eigenvalue weighted by Crippen LogP contribution is -2.41. The van der Waals surface area contributed by atoms with Gasteiger partial charge in [-0.3, -0.25) is 4.79 Å². The van der Waals surface area contributed by atoms with Crippen molar-refractivity contribution in [1.29, 1.82) is 0 Å². The second-order valence-corrected chi connectivity index (χ2v) is 4.95. The molecule has 0 heterocycles. The smallest absolute Gasteiger partial charge is 0.387 e. The number of halogens is 2. The van der Waals surface area contributed by atoms with Crippen LogP contribution < -0.4 is 15.2 Å². The van der Waals surface area contributed by atoms with E-state index in [1.165, 1.54) is 24.1 Å². The first-order chi connectivity index (χ1) is 10.4. The molecule has 0 aromatic heterocycles. The second kappa shape index (κ2) is 8.53. The fourth-order valence-electron chi connectivity index (χ4n) is 2.08. The van der Waals surface area contributed by atoms with Crippen LogP contribution >= 0.6 is 0 Å². The third-order valence-electron chi connectivity index (χ3n) is 3.16. The molecule has 0 aliphatic heterocycles. The number of rotatable bonds is 8. The molecule has 0 radical (unpaired) electrons. The number of hydrogen-bond donors (Lipinski definition) is 1. The molecule has 1 aromatic rings. The molecule has 1 aromatic carbocycles. The van der Waals surface area contributed by atoms with Gasteiger partial charge in [0.15, 0.2) is 11.5 Å². The summed E-state index contributed by atoms with van der Waals surface area (Å²) in [6.07, 6.45) is 1.42. The number of likely N-dealkylation sites (N-methyl/N-ethyl adjacent to an activating group) is 1. The van der Waals surface area contributed by atoms with Gasteiger partial charge in [0.2, 0.25) is 5.91 Å². The summed E-state index contributed by atoms with van der Waals surface area (Å²) in [7, 11) is 2.99. The molecule has 0 aliphatic carbocycles. The summed E-state index contributed by atoms with van der Waals surface area (Å²) in [6.45, 7) is -0.744. The lowest BCUT2D eigenvalue weighted by Gasteiger charge is -2.21. The van der Waals surface area contributed by atoms with Crippen LogP contribution in [0.4, 0.5) is 8.78 Å². The molecule has 124 valence electrons. The molecule has 5 nitrogen and oxygen atoms in total. The molecule has 1 atom stereocenters. The number of nitrogens with two attached hydrogens (primary N) is 1. The van der Waals surface area contributed by atoms with E-state index in [2.05, 4.69) is 4.74 Å². The fraction of sp³-hybridized carbons (Fsp3) is 0.533. The number of benzene rings is 1. The van der Waals surface area contributed by atoms with Gasteiger partial charge < -0.3 is 20.1 Å². The van der Waals surface area contributed by atoms with Crippen molar-refractivity contribution in [3.63, 3.8) is 0 Å². The number of amides is 1. The van der Waals surface area contributed by atoms with Gasteiger partial charge >= 0.3 is 6.61 Å². The lowest BCUT2D eigenvalue weighted by atomic mass is 10.1. The SMILES string of the molecule is CCCC(N)C(=O)N(C)Cc1ccc(OC)c(OC(F)F)c1. The van der Waals surface area contributed by atoms with Crippen molar-refractivity contribution < 1.29 is 23.0 Å². The van der Waals surface area contributed by atoms with E-state index in [1.54, 1.807) is 13.1 Å². The Balaban J connectivity index is 2.82. The highest BCUT2D eigenvalue weighted by Gasteiger charge is 2.18. The average Bonchev–Trinajstić information content (AvgIpc) is 2.46. The van der Waals surface area contributed by atoms with Gasteiger partial charge in [-0.15, -0.1) is 0 Å². The summed E-state index contributed by atoms with van der Waals surface area (Å²) in [6, 6.07) is 4.09. The first-order valence-electron chi connectivity index (χ1n) is 7.01. The predicted octanol–water partition coefficient (Wildman–Crippen LogP) is 2.38. The van der Waals surface area contributed by atoms with E-state index >= 15 is 0 Å². The Hall–Kier alpha value is -1.89. The van der Waals surface area contributed by atoms with Crippen molar-refractivity contribution in [3.05, 3.63) is 23.8 Å². The first kappa shape index (κ1) is 18.2. The molecule has 0 spiro atoms. The predicted molar refractivity (Wildman–Crippen MR) is 79.0 cm³/mol. The molecule has 0 saturated heterocycles. The highest BCUT2D eigenvalue weighted by atomic mass is 19.3. The Kier molecular flexibility index (Phi) is 7.04. The summed E-state index contributed by atoms with van der Waals surface area (Å²) in [5.74, 6) is -0.0385. The zero-order valence-electron chi connectivity index (χ0n) is 13.0. The second-order valence-electron chi connectivity index (χ2n) is 4.95. The van der Waals surface area contributed by atoms with Gasteiger partial charge in [-0.2, -0.15) is 8.78 Å². The van der Waals surface area contributed by atoms with Crippen molar-refractivity contribution in [2.45, 2.75) is 39.0 Å². The summed E-state index contributed by atoms with van der Waals surface area (Å²) in [5, 5.41) is 0. The molecule has 1 rings (SSSR count). The summed E-state index contributed by atoms with van der Waals surface area (Å²) >= 11 is 0. The van der Waals surface area contributed by atoms with E-state index in [1.807, 2.05) is 6.92 Å². The van der Waals surface area contributed by atoms with Crippen LogP contribution in [0.5, 0.6) is 11.5 Å². The minimum absolute atomic E-state index is 0.0614. The normalized spacial score (nSPS) is 12.1. The van der Waals surface area contributed by atoms with Crippen LogP contribution in [0.1, 0.15) is 25.3 Å². The number of methoxy groups -OCH3 is 1. The van der Waals surface area contributed by atoms with Crippen molar-refractivity contribution >= 4 is 5.91 Å². The van der Waals surface area contributed by atoms with Crippen molar-refractivity contribution in [2.75, 3.05) is 14.2 Å². The molecule has 22 heavy (non-hydrogen) atoms. The van der Waals surface area contributed by atoms with Crippen LogP contribution in [0.3, 0.4) is 0 Å².